The van der Waals surface area contributed by atoms with Gasteiger partial charge < -0.3 is 9.64 Å². The highest BCUT2D eigenvalue weighted by Crippen LogP contribution is 2.29. The quantitative estimate of drug-likeness (QED) is 0.639. The van der Waals surface area contributed by atoms with Gasteiger partial charge in [-0.15, -0.1) is 0 Å². The van der Waals surface area contributed by atoms with Crippen LogP contribution in [0.4, 0.5) is 0 Å². The molecule has 2 nitrogen and oxygen atoms in total. The van der Waals surface area contributed by atoms with Crippen LogP contribution in [0.2, 0.25) is 0 Å². The molecule has 134 valence electrons. The highest BCUT2D eigenvalue weighted by molar-refractivity contribution is 5.82. The van der Waals surface area contributed by atoms with Crippen molar-refractivity contribution in [2.75, 3.05) is 20.6 Å². The van der Waals surface area contributed by atoms with E-state index < -0.39 is 0 Å². The summed E-state index contributed by atoms with van der Waals surface area (Å²) in [4.78, 5) is 2.30. The van der Waals surface area contributed by atoms with Crippen LogP contribution in [-0.4, -0.2) is 25.5 Å². The Morgan fingerprint density at radius 1 is 0.923 bits per heavy atom. The summed E-state index contributed by atoms with van der Waals surface area (Å²) in [5.41, 5.74) is 4.18. The van der Waals surface area contributed by atoms with E-state index >= 15 is 0 Å². The van der Waals surface area contributed by atoms with Gasteiger partial charge in [-0.3, -0.25) is 0 Å². The second-order valence-corrected chi connectivity index (χ2v) is 7.77. The Morgan fingerprint density at radius 3 is 2.62 bits per heavy atom. The van der Waals surface area contributed by atoms with Crippen LogP contribution in [0, 0.1) is 5.92 Å². The molecule has 3 aromatic rings. The lowest BCUT2D eigenvalue weighted by Crippen LogP contribution is -2.26. The Labute approximate surface area is 156 Å². The van der Waals surface area contributed by atoms with E-state index in [0.29, 0.717) is 6.61 Å². The molecule has 0 N–H and O–H groups in total. The van der Waals surface area contributed by atoms with Crippen molar-refractivity contribution >= 4 is 10.8 Å². The van der Waals surface area contributed by atoms with Gasteiger partial charge in [0.05, 0.1) is 0 Å². The molecule has 0 bridgehead atoms. The summed E-state index contributed by atoms with van der Waals surface area (Å²) in [5.74, 6) is 1.75. The standard InChI is InChI=1S/C24H27NO/c1-25(2)16-18-7-9-21-11-12-24(15-23(21)13-18)26-17-19-8-10-20-5-3-4-6-22(20)14-19/h3-6,8,10-12,14-15,18H,7,9,13,16-17H2,1-2H3. The minimum absolute atomic E-state index is 0.616. The SMILES string of the molecule is CN(C)CC1CCc2ccc(OCc3ccc4ccccc4c3)cc2C1. The molecule has 0 saturated heterocycles. The van der Waals surface area contributed by atoms with Crippen LogP contribution in [0.25, 0.3) is 10.8 Å². The van der Waals surface area contributed by atoms with Gasteiger partial charge in [0, 0.05) is 6.54 Å². The molecule has 0 aliphatic heterocycles. The summed E-state index contributed by atoms with van der Waals surface area (Å²) in [6, 6.07) is 21.7. The molecule has 0 radical (unpaired) electrons. The van der Waals surface area contributed by atoms with E-state index in [1.165, 1.54) is 53.3 Å². The van der Waals surface area contributed by atoms with Gasteiger partial charge in [-0.2, -0.15) is 0 Å². The average Bonchev–Trinajstić information content (AvgIpc) is 2.65. The number of nitrogens with zero attached hydrogens (tertiary/aromatic N) is 1. The van der Waals surface area contributed by atoms with Crippen LogP contribution in [0.15, 0.2) is 60.7 Å². The summed E-state index contributed by atoms with van der Waals surface area (Å²) in [7, 11) is 4.33. The topological polar surface area (TPSA) is 12.5 Å². The summed E-state index contributed by atoms with van der Waals surface area (Å²) in [5, 5.41) is 2.54. The number of rotatable bonds is 5. The molecule has 0 aromatic heterocycles. The Hall–Kier alpha value is -2.32. The number of aryl methyl sites for hydroxylation is 1. The van der Waals surface area contributed by atoms with Crippen molar-refractivity contribution in [1.29, 1.82) is 0 Å². The van der Waals surface area contributed by atoms with Gasteiger partial charge >= 0.3 is 0 Å². The van der Waals surface area contributed by atoms with Gasteiger partial charge in [-0.05, 0) is 84.9 Å². The van der Waals surface area contributed by atoms with E-state index in [1.54, 1.807) is 0 Å². The van der Waals surface area contributed by atoms with Crippen LogP contribution in [0.5, 0.6) is 5.75 Å². The van der Waals surface area contributed by atoms with Gasteiger partial charge in [0.15, 0.2) is 0 Å². The van der Waals surface area contributed by atoms with Crippen molar-refractivity contribution in [2.45, 2.75) is 25.9 Å². The zero-order chi connectivity index (χ0) is 17.9. The lowest BCUT2D eigenvalue weighted by molar-refractivity contribution is 0.296. The monoisotopic (exact) mass is 345 g/mol. The van der Waals surface area contributed by atoms with Crippen molar-refractivity contribution in [3.8, 4) is 5.75 Å². The number of ether oxygens (including phenoxy) is 1. The van der Waals surface area contributed by atoms with E-state index in [2.05, 4.69) is 79.7 Å². The van der Waals surface area contributed by atoms with Crippen LogP contribution in [-0.2, 0) is 19.4 Å². The maximum Gasteiger partial charge on any atom is 0.120 e. The Bertz CT molecular complexity index is 900. The molecule has 0 spiro atoms. The molecule has 1 unspecified atom stereocenters. The second-order valence-electron chi connectivity index (χ2n) is 7.77. The van der Waals surface area contributed by atoms with Crippen LogP contribution in [0.3, 0.4) is 0 Å². The molecular weight excluding hydrogens is 318 g/mol. The fourth-order valence-corrected chi connectivity index (χ4v) is 4.07. The number of hydrogen-bond donors (Lipinski definition) is 0. The predicted octanol–water partition coefficient (Wildman–Crippen LogP) is 5.09. The normalized spacial score (nSPS) is 16.7. The zero-order valence-electron chi connectivity index (χ0n) is 15.7. The Morgan fingerprint density at radius 2 is 1.77 bits per heavy atom. The third kappa shape index (κ3) is 3.91. The van der Waals surface area contributed by atoms with Crippen molar-refractivity contribution in [1.82, 2.24) is 4.90 Å². The van der Waals surface area contributed by atoms with Crippen LogP contribution < -0.4 is 4.74 Å². The van der Waals surface area contributed by atoms with Crippen LogP contribution in [0.1, 0.15) is 23.1 Å². The molecule has 1 aliphatic carbocycles. The molecule has 0 heterocycles. The van der Waals surface area contributed by atoms with E-state index in [0.717, 1.165) is 11.7 Å². The molecule has 1 atom stereocenters. The van der Waals surface area contributed by atoms with Crippen molar-refractivity contribution < 1.29 is 4.74 Å². The highest BCUT2D eigenvalue weighted by Gasteiger charge is 2.19. The summed E-state index contributed by atoms with van der Waals surface area (Å²) in [6.45, 7) is 1.78. The molecule has 3 aromatic carbocycles. The lowest BCUT2D eigenvalue weighted by atomic mass is 9.83. The third-order valence-electron chi connectivity index (χ3n) is 5.35. The Balaban J connectivity index is 1.45. The van der Waals surface area contributed by atoms with Gasteiger partial charge in [0.2, 0.25) is 0 Å². The Kier molecular flexibility index (Phi) is 4.94. The summed E-state index contributed by atoms with van der Waals surface area (Å²) < 4.78 is 6.11. The largest absolute Gasteiger partial charge is 0.489 e. The maximum absolute atomic E-state index is 6.11. The molecule has 26 heavy (non-hydrogen) atoms. The average molecular weight is 345 g/mol. The molecule has 1 aliphatic rings. The molecule has 4 rings (SSSR count). The highest BCUT2D eigenvalue weighted by atomic mass is 16.5. The maximum atomic E-state index is 6.11. The molecule has 0 saturated carbocycles. The van der Waals surface area contributed by atoms with E-state index in [1.807, 2.05) is 0 Å². The van der Waals surface area contributed by atoms with Gasteiger partial charge in [0.1, 0.15) is 12.4 Å². The third-order valence-corrected chi connectivity index (χ3v) is 5.35. The summed E-state index contributed by atoms with van der Waals surface area (Å²) in [6.07, 6.45) is 3.65. The zero-order valence-corrected chi connectivity index (χ0v) is 15.7. The molecule has 0 fully saturated rings. The van der Waals surface area contributed by atoms with Crippen molar-refractivity contribution in [3.05, 3.63) is 77.4 Å². The minimum Gasteiger partial charge on any atom is -0.489 e. The molecule has 0 amide bonds. The van der Waals surface area contributed by atoms with E-state index in [4.69, 9.17) is 4.74 Å². The second kappa shape index (κ2) is 7.51. The fraction of sp³-hybridized carbons (Fsp3) is 0.333. The first kappa shape index (κ1) is 17.1. The van der Waals surface area contributed by atoms with Gasteiger partial charge in [-0.25, -0.2) is 0 Å². The predicted molar refractivity (Wildman–Crippen MR) is 109 cm³/mol. The first-order valence-electron chi connectivity index (χ1n) is 9.54. The lowest BCUT2D eigenvalue weighted by Gasteiger charge is -2.27. The fourth-order valence-electron chi connectivity index (χ4n) is 4.07. The van der Waals surface area contributed by atoms with Crippen molar-refractivity contribution in [2.24, 2.45) is 5.92 Å². The minimum atomic E-state index is 0.616. The van der Waals surface area contributed by atoms with Gasteiger partial charge in [0.25, 0.3) is 0 Å². The van der Waals surface area contributed by atoms with Crippen molar-refractivity contribution in [3.63, 3.8) is 0 Å². The number of fused-ring (bicyclic) bond motifs is 2. The van der Waals surface area contributed by atoms with E-state index in [9.17, 15) is 0 Å². The smallest absolute Gasteiger partial charge is 0.120 e. The first-order valence-corrected chi connectivity index (χ1v) is 9.54. The molecular formula is C24H27NO. The number of benzene rings is 3. The van der Waals surface area contributed by atoms with Crippen LogP contribution >= 0.6 is 0 Å². The first-order chi connectivity index (χ1) is 12.7. The number of hydrogen-bond acceptors (Lipinski definition) is 2. The molecule has 2 heteroatoms. The summed E-state index contributed by atoms with van der Waals surface area (Å²) >= 11 is 0. The van der Waals surface area contributed by atoms with E-state index in [-0.39, 0.29) is 0 Å². The van der Waals surface area contributed by atoms with Gasteiger partial charge in [-0.1, -0.05) is 42.5 Å².